The minimum Gasteiger partial charge on any atom is -0.312 e. The van der Waals surface area contributed by atoms with E-state index in [2.05, 4.69) is 24.2 Å². The van der Waals surface area contributed by atoms with Crippen molar-refractivity contribution in [3.05, 3.63) is 0 Å². The molecule has 0 aromatic heterocycles. The van der Waals surface area contributed by atoms with Crippen molar-refractivity contribution in [2.24, 2.45) is 5.92 Å². The minimum atomic E-state index is 0.756. The van der Waals surface area contributed by atoms with Crippen LogP contribution in [0.3, 0.4) is 0 Å². The van der Waals surface area contributed by atoms with Gasteiger partial charge >= 0.3 is 0 Å². The van der Waals surface area contributed by atoms with Gasteiger partial charge in [0.05, 0.1) is 0 Å². The van der Waals surface area contributed by atoms with E-state index in [1.807, 2.05) is 0 Å². The molecular weight excluding hydrogens is 184 g/mol. The molecule has 0 aromatic carbocycles. The van der Waals surface area contributed by atoms with Gasteiger partial charge in [0.25, 0.3) is 0 Å². The molecule has 0 amide bonds. The molecule has 1 saturated carbocycles. The van der Waals surface area contributed by atoms with E-state index in [0.717, 1.165) is 18.0 Å². The second-order valence-electron chi connectivity index (χ2n) is 5.54. The molecule has 0 bridgehead atoms. The van der Waals surface area contributed by atoms with Crippen LogP contribution in [-0.4, -0.2) is 37.1 Å². The Balaban J connectivity index is 1.90. The summed E-state index contributed by atoms with van der Waals surface area (Å²) in [7, 11) is 2.29. The Kier molecular flexibility index (Phi) is 4.04. The average Bonchev–Trinajstić information content (AvgIpc) is 2.43. The van der Waals surface area contributed by atoms with Crippen LogP contribution in [-0.2, 0) is 0 Å². The van der Waals surface area contributed by atoms with Gasteiger partial charge in [-0.25, -0.2) is 0 Å². The quantitative estimate of drug-likeness (QED) is 0.714. The number of rotatable bonds is 1. The minimum absolute atomic E-state index is 0.756. The van der Waals surface area contributed by atoms with Crippen molar-refractivity contribution in [3.8, 4) is 0 Å². The predicted molar refractivity (Wildman–Crippen MR) is 65.1 cm³/mol. The molecule has 88 valence electrons. The van der Waals surface area contributed by atoms with Gasteiger partial charge in [-0.3, -0.25) is 0 Å². The summed E-state index contributed by atoms with van der Waals surface area (Å²) in [6.45, 7) is 4.82. The Bertz CT molecular complexity index is 187. The maximum absolute atomic E-state index is 3.77. The standard InChI is InChI=1S/C13H26N2/c1-11-8-9-14-13(10-15(11)2)12-6-4-3-5-7-12/h11-14H,3-10H2,1-2H3. The van der Waals surface area contributed by atoms with E-state index in [9.17, 15) is 0 Å². The molecule has 2 nitrogen and oxygen atoms in total. The molecule has 1 aliphatic heterocycles. The van der Waals surface area contributed by atoms with E-state index >= 15 is 0 Å². The smallest absolute Gasteiger partial charge is 0.0223 e. The Hall–Kier alpha value is -0.0800. The number of likely N-dealkylation sites (N-methyl/N-ethyl adjacent to an activating group) is 1. The van der Waals surface area contributed by atoms with Gasteiger partial charge in [-0.15, -0.1) is 0 Å². The summed E-state index contributed by atoms with van der Waals surface area (Å²) in [4.78, 5) is 2.54. The first-order valence-electron chi connectivity index (χ1n) is 6.71. The van der Waals surface area contributed by atoms with E-state index in [-0.39, 0.29) is 0 Å². The molecule has 2 heteroatoms. The van der Waals surface area contributed by atoms with Crippen LogP contribution in [0.15, 0.2) is 0 Å². The lowest BCUT2D eigenvalue weighted by molar-refractivity contribution is 0.202. The molecule has 0 spiro atoms. The van der Waals surface area contributed by atoms with Gasteiger partial charge in [-0.05, 0) is 45.7 Å². The van der Waals surface area contributed by atoms with Crippen LogP contribution in [0, 0.1) is 5.92 Å². The highest BCUT2D eigenvalue weighted by Crippen LogP contribution is 2.27. The van der Waals surface area contributed by atoms with Crippen LogP contribution < -0.4 is 5.32 Å². The first-order chi connectivity index (χ1) is 7.27. The van der Waals surface area contributed by atoms with E-state index < -0.39 is 0 Å². The van der Waals surface area contributed by atoms with E-state index in [1.54, 1.807) is 0 Å². The fraction of sp³-hybridized carbons (Fsp3) is 1.00. The van der Waals surface area contributed by atoms with Crippen molar-refractivity contribution in [1.29, 1.82) is 0 Å². The molecule has 2 unspecified atom stereocenters. The molecule has 1 N–H and O–H groups in total. The largest absolute Gasteiger partial charge is 0.312 e. The molecule has 2 rings (SSSR count). The van der Waals surface area contributed by atoms with Crippen LogP contribution in [0.25, 0.3) is 0 Å². The number of nitrogens with zero attached hydrogens (tertiary/aromatic N) is 1. The van der Waals surface area contributed by atoms with E-state index in [0.29, 0.717) is 0 Å². The molecule has 15 heavy (non-hydrogen) atoms. The summed E-state index contributed by atoms with van der Waals surface area (Å²) in [5.41, 5.74) is 0. The van der Waals surface area contributed by atoms with Crippen LogP contribution in [0.4, 0.5) is 0 Å². The van der Waals surface area contributed by atoms with Crippen molar-refractivity contribution in [3.63, 3.8) is 0 Å². The van der Waals surface area contributed by atoms with Crippen molar-refractivity contribution >= 4 is 0 Å². The Morgan fingerprint density at radius 1 is 1.07 bits per heavy atom. The van der Waals surface area contributed by atoms with E-state index in [4.69, 9.17) is 0 Å². The fourth-order valence-electron chi connectivity index (χ4n) is 3.11. The van der Waals surface area contributed by atoms with E-state index in [1.165, 1.54) is 51.6 Å². The van der Waals surface area contributed by atoms with Crippen molar-refractivity contribution in [1.82, 2.24) is 10.2 Å². The molecule has 1 heterocycles. The van der Waals surface area contributed by atoms with Crippen molar-refractivity contribution in [2.45, 2.75) is 57.5 Å². The van der Waals surface area contributed by atoms with Gasteiger partial charge in [0.15, 0.2) is 0 Å². The molecule has 1 aliphatic carbocycles. The lowest BCUT2D eigenvalue weighted by Gasteiger charge is -2.32. The molecule has 2 aliphatic rings. The third-order valence-corrected chi connectivity index (χ3v) is 4.42. The normalized spacial score (nSPS) is 36.4. The molecule has 0 aromatic rings. The molecule has 2 fully saturated rings. The molecule has 0 radical (unpaired) electrons. The first kappa shape index (κ1) is 11.4. The SMILES string of the molecule is CC1CCNC(C2CCCCC2)CN1C. The van der Waals surface area contributed by atoms with Gasteiger partial charge in [-0.2, -0.15) is 0 Å². The first-order valence-corrected chi connectivity index (χ1v) is 6.71. The number of hydrogen-bond acceptors (Lipinski definition) is 2. The summed E-state index contributed by atoms with van der Waals surface area (Å²) in [6.07, 6.45) is 8.61. The summed E-state index contributed by atoms with van der Waals surface area (Å²) in [5.74, 6) is 0.950. The van der Waals surface area contributed by atoms with Crippen molar-refractivity contribution in [2.75, 3.05) is 20.1 Å². The lowest BCUT2D eigenvalue weighted by Crippen LogP contribution is -2.43. The average molecular weight is 210 g/mol. The Morgan fingerprint density at radius 2 is 1.80 bits per heavy atom. The zero-order valence-corrected chi connectivity index (χ0v) is 10.3. The zero-order chi connectivity index (χ0) is 10.7. The van der Waals surface area contributed by atoms with Crippen LogP contribution in [0.5, 0.6) is 0 Å². The maximum Gasteiger partial charge on any atom is 0.0223 e. The van der Waals surface area contributed by atoms with Gasteiger partial charge in [0, 0.05) is 18.6 Å². The predicted octanol–water partition coefficient (Wildman–Crippen LogP) is 2.25. The summed E-state index contributed by atoms with van der Waals surface area (Å²) in [5, 5.41) is 3.77. The van der Waals surface area contributed by atoms with Gasteiger partial charge in [0.2, 0.25) is 0 Å². The second kappa shape index (κ2) is 5.31. The van der Waals surface area contributed by atoms with Crippen LogP contribution in [0.2, 0.25) is 0 Å². The second-order valence-corrected chi connectivity index (χ2v) is 5.54. The van der Waals surface area contributed by atoms with Crippen LogP contribution in [0.1, 0.15) is 45.4 Å². The topological polar surface area (TPSA) is 15.3 Å². The lowest BCUT2D eigenvalue weighted by atomic mass is 9.84. The van der Waals surface area contributed by atoms with Crippen molar-refractivity contribution < 1.29 is 0 Å². The Morgan fingerprint density at radius 3 is 2.53 bits per heavy atom. The van der Waals surface area contributed by atoms with Crippen LogP contribution >= 0.6 is 0 Å². The van der Waals surface area contributed by atoms with Gasteiger partial charge in [-0.1, -0.05) is 19.3 Å². The molecule has 1 saturated heterocycles. The highest BCUT2D eigenvalue weighted by atomic mass is 15.2. The maximum atomic E-state index is 3.77. The highest BCUT2D eigenvalue weighted by Gasteiger charge is 2.27. The number of nitrogens with one attached hydrogen (secondary N) is 1. The molecular formula is C13H26N2. The van der Waals surface area contributed by atoms with Gasteiger partial charge < -0.3 is 10.2 Å². The third kappa shape index (κ3) is 2.94. The monoisotopic (exact) mass is 210 g/mol. The zero-order valence-electron chi connectivity index (χ0n) is 10.3. The number of hydrogen-bond donors (Lipinski definition) is 1. The fourth-order valence-corrected chi connectivity index (χ4v) is 3.11. The summed E-state index contributed by atoms with van der Waals surface area (Å²) < 4.78 is 0. The Labute approximate surface area is 94.4 Å². The third-order valence-electron chi connectivity index (χ3n) is 4.42. The molecule has 2 atom stereocenters. The summed E-state index contributed by atoms with van der Waals surface area (Å²) in [6, 6.07) is 1.52. The highest BCUT2D eigenvalue weighted by molar-refractivity contribution is 4.85. The summed E-state index contributed by atoms with van der Waals surface area (Å²) >= 11 is 0. The van der Waals surface area contributed by atoms with Gasteiger partial charge in [0.1, 0.15) is 0 Å².